The molecule has 0 aliphatic carbocycles. The molecule has 3 aromatic carbocycles. The van der Waals surface area contributed by atoms with Crippen LogP contribution >= 0.6 is 0 Å². The molecule has 0 radical (unpaired) electrons. The minimum atomic E-state index is -4.83. The molecule has 0 unspecified atom stereocenters. The molecule has 0 saturated heterocycles. The Balaban J connectivity index is 2.13. The van der Waals surface area contributed by atoms with Gasteiger partial charge in [0.05, 0.1) is 12.2 Å². The number of alkyl halides is 3. The van der Waals surface area contributed by atoms with Crippen LogP contribution in [0.1, 0.15) is 45.7 Å². The summed E-state index contributed by atoms with van der Waals surface area (Å²) >= 11 is 0. The number of hydrogen-bond donors (Lipinski definition) is 1. The lowest BCUT2D eigenvalue weighted by atomic mass is 9.86. The zero-order valence-corrected chi connectivity index (χ0v) is 22.7. The number of ether oxygens (including phenoxy) is 1. The Morgan fingerprint density at radius 2 is 1.46 bits per heavy atom. The standard InChI is InChI=1S/C30H33F3N2O4/c1-6-34(7-2)23-14-17-26(25(18-23)21-10-15-24(16-11-21)39-30(31,32)33)35(27(36)28(37)38)19-20-8-12-22(13-9-20)29(3,4)5/h8-18H,6-7,19H2,1-5H3,(H,37,38). The van der Waals surface area contributed by atoms with E-state index in [1.165, 1.54) is 29.2 Å². The molecule has 0 aromatic heterocycles. The van der Waals surface area contributed by atoms with E-state index in [9.17, 15) is 27.9 Å². The third kappa shape index (κ3) is 7.52. The molecular weight excluding hydrogens is 509 g/mol. The molecule has 208 valence electrons. The minimum Gasteiger partial charge on any atom is -0.474 e. The average Bonchev–Trinajstić information content (AvgIpc) is 2.87. The number of benzene rings is 3. The van der Waals surface area contributed by atoms with E-state index in [1.807, 2.05) is 44.2 Å². The highest BCUT2D eigenvalue weighted by molar-refractivity contribution is 6.37. The van der Waals surface area contributed by atoms with Gasteiger partial charge in [0.15, 0.2) is 0 Å². The number of carbonyl (C=O) groups is 2. The summed E-state index contributed by atoms with van der Waals surface area (Å²) in [7, 11) is 0. The van der Waals surface area contributed by atoms with Gasteiger partial charge in [0.25, 0.3) is 0 Å². The van der Waals surface area contributed by atoms with Gasteiger partial charge >= 0.3 is 18.2 Å². The molecule has 0 fully saturated rings. The van der Waals surface area contributed by atoms with Crippen molar-refractivity contribution in [1.29, 1.82) is 0 Å². The summed E-state index contributed by atoms with van der Waals surface area (Å²) in [4.78, 5) is 28.1. The van der Waals surface area contributed by atoms with Gasteiger partial charge in [0, 0.05) is 24.3 Å². The third-order valence-electron chi connectivity index (χ3n) is 6.39. The maximum atomic E-state index is 13.0. The fraction of sp³-hybridized carbons (Fsp3) is 0.333. The number of aliphatic carboxylic acids is 1. The summed E-state index contributed by atoms with van der Waals surface area (Å²) in [5, 5.41) is 9.64. The summed E-state index contributed by atoms with van der Waals surface area (Å²) in [6, 6.07) is 18.2. The minimum absolute atomic E-state index is 0.0115. The normalized spacial score (nSPS) is 11.7. The van der Waals surface area contributed by atoms with Crippen molar-refractivity contribution in [2.45, 2.75) is 52.9 Å². The van der Waals surface area contributed by atoms with Crippen LogP contribution in [0.25, 0.3) is 11.1 Å². The summed E-state index contributed by atoms with van der Waals surface area (Å²) in [6.07, 6.45) is -4.83. The van der Waals surface area contributed by atoms with E-state index >= 15 is 0 Å². The monoisotopic (exact) mass is 542 g/mol. The molecule has 3 rings (SSSR count). The number of carbonyl (C=O) groups excluding carboxylic acids is 1. The molecule has 0 aliphatic heterocycles. The van der Waals surface area contributed by atoms with Crippen molar-refractivity contribution in [2.24, 2.45) is 0 Å². The van der Waals surface area contributed by atoms with Gasteiger partial charge in [0.2, 0.25) is 0 Å². The van der Waals surface area contributed by atoms with Crippen molar-refractivity contribution in [3.05, 3.63) is 77.9 Å². The molecule has 39 heavy (non-hydrogen) atoms. The van der Waals surface area contributed by atoms with Crippen molar-refractivity contribution in [3.8, 4) is 16.9 Å². The number of carboxylic acids is 1. The molecular formula is C30H33F3N2O4. The molecule has 0 bridgehead atoms. The number of carboxylic acid groups (broad SMARTS) is 1. The molecule has 6 nitrogen and oxygen atoms in total. The molecule has 9 heteroatoms. The van der Waals surface area contributed by atoms with Gasteiger partial charge in [-0.1, -0.05) is 57.2 Å². The highest BCUT2D eigenvalue weighted by Crippen LogP contribution is 2.37. The highest BCUT2D eigenvalue weighted by atomic mass is 19.4. The van der Waals surface area contributed by atoms with E-state index in [1.54, 1.807) is 12.1 Å². The van der Waals surface area contributed by atoms with Crippen LogP contribution in [0.2, 0.25) is 0 Å². The van der Waals surface area contributed by atoms with Gasteiger partial charge in [-0.25, -0.2) is 4.79 Å². The first-order chi connectivity index (χ1) is 18.2. The molecule has 1 amide bonds. The SMILES string of the molecule is CCN(CC)c1ccc(N(Cc2ccc(C(C)(C)C)cc2)C(=O)C(=O)O)c(-c2ccc(OC(F)(F)F)cc2)c1. The van der Waals surface area contributed by atoms with Gasteiger partial charge in [-0.2, -0.15) is 0 Å². The molecule has 0 heterocycles. The van der Waals surface area contributed by atoms with Crippen LogP contribution in [0.4, 0.5) is 24.5 Å². The highest BCUT2D eigenvalue weighted by Gasteiger charge is 2.31. The van der Waals surface area contributed by atoms with E-state index in [-0.39, 0.29) is 17.7 Å². The molecule has 0 saturated carbocycles. The van der Waals surface area contributed by atoms with E-state index in [4.69, 9.17) is 0 Å². The lowest BCUT2D eigenvalue weighted by molar-refractivity contribution is -0.274. The van der Waals surface area contributed by atoms with Crippen LogP contribution in [-0.4, -0.2) is 36.4 Å². The number of anilines is 2. The Morgan fingerprint density at radius 1 is 0.872 bits per heavy atom. The Labute approximate surface area is 226 Å². The number of nitrogens with zero attached hydrogens (tertiary/aromatic N) is 2. The summed E-state index contributed by atoms with van der Waals surface area (Å²) in [5.41, 5.74) is 3.89. The van der Waals surface area contributed by atoms with Crippen LogP contribution < -0.4 is 14.5 Å². The topological polar surface area (TPSA) is 70.1 Å². The fourth-order valence-electron chi connectivity index (χ4n) is 4.29. The number of hydrogen-bond acceptors (Lipinski definition) is 4. The van der Waals surface area contributed by atoms with E-state index in [0.29, 0.717) is 29.9 Å². The molecule has 1 N–H and O–H groups in total. The van der Waals surface area contributed by atoms with Crippen LogP contribution in [0, 0.1) is 0 Å². The molecule has 0 atom stereocenters. The second kappa shape index (κ2) is 11.8. The van der Waals surface area contributed by atoms with Gasteiger partial charge in [-0.15, -0.1) is 13.2 Å². The van der Waals surface area contributed by atoms with Gasteiger partial charge in [-0.05, 0) is 66.3 Å². The molecule has 0 spiro atoms. The van der Waals surface area contributed by atoms with E-state index < -0.39 is 18.2 Å². The Kier molecular flexibility index (Phi) is 8.94. The van der Waals surface area contributed by atoms with Gasteiger partial charge < -0.3 is 14.7 Å². The Hall–Kier alpha value is -4.01. The maximum Gasteiger partial charge on any atom is 0.573 e. The smallest absolute Gasteiger partial charge is 0.474 e. The quantitative estimate of drug-likeness (QED) is 0.310. The first kappa shape index (κ1) is 29.5. The Bertz CT molecular complexity index is 1290. The van der Waals surface area contributed by atoms with Crippen molar-refractivity contribution in [3.63, 3.8) is 0 Å². The van der Waals surface area contributed by atoms with Crippen LogP contribution in [0.15, 0.2) is 66.7 Å². The van der Waals surface area contributed by atoms with Crippen LogP contribution in [0.5, 0.6) is 5.75 Å². The fourth-order valence-corrected chi connectivity index (χ4v) is 4.29. The van der Waals surface area contributed by atoms with Crippen LogP contribution in [-0.2, 0) is 21.5 Å². The average molecular weight is 543 g/mol. The van der Waals surface area contributed by atoms with Crippen molar-refractivity contribution in [2.75, 3.05) is 22.9 Å². The second-order valence-electron chi connectivity index (χ2n) is 10.1. The first-order valence-electron chi connectivity index (χ1n) is 12.6. The Morgan fingerprint density at radius 3 is 1.95 bits per heavy atom. The zero-order valence-electron chi connectivity index (χ0n) is 22.7. The number of rotatable bonds is 8. The predicted octanol–water partition coefficient (Wildman–Crippen LogP) is 7.01. The third-order valence-corrected chi connectivity index (χ3v) is 6.39. The molecule has 0 aliphatic rings. The van der Waals surface area contributed by atoms with Crippen molar-refractivity contribution >= 4 is 23.3 Å². The first-order valence-corrected chi connectivity index (χ1v) is 12.6. The van der Waals surface area contributed by atoms with Crippen molar-refractivity contribution in [1.82, 2.24) is 0 Å². The number of amides is 1. The van der Waals surface area contributed by atoms with Gasteiger partial charge in [0.1, 0.15) is 5.75 Å². The predicted molar refractivity (Wildman–Crippen MR) is 146 cm³/mol. The van der Waals surface area contributed by atoms with E-state index in [0.717, 1.165) is 16.8 Å². The lowest BCUT2D eigenvalue weighted by Crippen LogP contribution is -2.36. The summed E-state index contributed by atoms with van der Waals surface area (Å²) in [5.74, 6) is -3.12. The van der Waals surface area contributed by atoms with Gasteiger partial charge in [-0.3, -0.25) is 9.69 Å². The van der Waals surface area contributed by atoms with Crippen LogP contribution in [0.3, 0.4) is 0 Å². The second-order valence-corrected chi connectivity index (χ2v) is 10.1. The zero-order chi connectivity index (χ0) is 29.0. The lowest BCUT2D eigenvalue weighted by Gasteiger charge is -2.27. The summed E-state index contributed by atoms with van der Waals surface area (Å²) < 4.78 is 42.1. The summed E-state index contributed by atoms with van der Waals surface area (Å²) in [6.45, 7) is 11.6. The van der Waals surface area contributed by atoms with E-state index in [2.05, 4.69) is 30.4 Å². The largest absolute Gasteiger partial charge is 0.573 e. The number of halogens is 3. The maximum absolute atomic E-state index is 13.0. The van der Waals surface area contributed by atoms with Crippen molar-refractivity contribution < 1.29 is 32.6 Å². The molecule has 3 aromatic rings.